The SMILES string of the molecule is CC.CCCCC(=O)C1CCCc2c(-c3nc(Nc4ncccc4C(C)O)c4cnn(CC5CCCN5C)c4n3)noc21. The van der Waals surface area contributed by atoms with E-state index in [0.717, 1.165) is 56.0 Å². The highest BCUT2D eigenvalue weighted by molar-refractivity contribution is 5.90. The van der Waals surface area contributed by atoms with Gasteiger partial charge < -0.3 is 19.8 Å². The summed E-state index contributed by atoms with van der Waals surface area (Å²) in [6, 6.07) is 4.01. The van der Waals surface area contributed by atoms with E-state index in [1.54, 1.807) is 25.4 Å². The number of rotatable bonds is 10. The van der Waals surface area contributed by atoms with Crippen LogP contribution in [0, 0.1) is 0 Å². The predicted octanol–water partition coefficient (Wildman–Crippen LogP) is 5.97. The van der Waals surface area contributed by atoms with Crippen LogP contribution in [0.3, 0.4) is 0 Å². The summed E-state index contributed by atoms with van der Waals surface area (Å²) in [7, 11) is 2.15. The van der Waals surface area contributed by atoms with Crippen molar-refractivity contribution >= 4 is 28.5 Å². The van der Waals surface area contributed by atoms with Gasteiger partial charge >= 0.3 is 0 Å². The molecule has 6 rings (SSSR count). The Morgan fingerprint density at radius 1 is 1.21 bits per heavy atom. The zero-order valence-corrected chi connectivity index (χ0v) is 26.0. The standard InChI is InChI=1S/C30H38N8O3.C2H6/c1-4-5-13-24(40)21-10-6-11-22-25(36-41-26(21)22)29-34-28(33-27-20(18(2)39)12-7-14-31-27)23-16-32-38(30(23)35-29)17-19-9-8-15-37(19)3;1-2/h7,12,14,16,18-19,21,39H,4-6,8-11,13,15,17H2,1-3H3,(H,31,33,34,35);1-2H3. The molecule has 5 heterocycles. The number of aromatic nitrogens is 6. The third-order valence-electron chi connectivity index (χ3n) is 8.51. The van der Waals surface area contributed by atoms with E-state index in [0.29, 0.717) is 59.1 Å². The van der Waals surface area contributed by atoms with Crippen molar-refractivity contribution in [3.8, 4) is 11.5 Å². The number of nitrogens with zero attached hydrogens (tertiary/aromatic N) is 7. The maximum atomic E-state index is 13.0. The fourth-order valence-corrected chi connectivity index (χ4v) is 6.13. The quantitative estimate of drug-likeness (QED) is 0.228. The lowest BCUT2D eigenvalue weighted by atomic mass is 9.83. The van der Waals surface area contributed by atoms with Gasteiger partial charge in [-0.2, -0.15) is 5.10 Å². The Labute approximate surface area is 253 Å². The minimum absolute atomic E-state index is 0.216. The summed E-state index contributed by atoms with van der Waals surface area (Å²) >= 11 is 0. The van der Waals surface area contributed by atoms with Crippen LogP contribution in [0.5, 0.6) is 0 Å². The van der Waals surface area contributed by atoms with Crippen molar-refractivity contribution < 1.29 is 14.4 Å². The van der Waals surface area contributed by atoms with E-state index in [-0.39, 0.29) is 11.7 Å². The van der Waals surface area contributed by atoms with Gasteiger partial charge in [0.1, 0.15) is 17.4 Å². The third-order valence-corrected chi connectivity index (χ3v) is 8.51. The van der Waals surface area contributed by atoms with Crippen molar-refractivity contribution in [2.45, 2.75) is 104 Å². The van der Waals surface area contributed by atoms with Gasteiger partial charge in [-0.1, -0.05) is 38.4 Å². The molecule has 0 spiro atoms. The molecule has 0 amide bonds. The number of likely N-dealkylation sites (tertiary alicyclic amines) is 1. The van der Waals surface area contributed by atoms with Crippen LogP contribution in [0.1, 0.15) is 102 Å². The number of carbonyl (C=O) groups is 1. The first-order valence-electron chi connectivity index (χ1n) is 15.8. The molecule has 0 aromatic carbocycles. The zero-order valence-electron chi connectivity index (χ0n) is 26.0. The molecule has 1 aliphatic carbocycles. The largest absolute Gasteiger partial charge is 0.389 e. The van der Waals surface area contributed by atoms with Crippen molar-refractivity contribution in [2.75, 3.05) is 18.9 Å². The normalized spacial score (nSPS) is 19.1. The fourth-order valence-electron chi connectivity index (χ4n) is 6.13. The molecule has 3 unspecified atom stereocenters. The number of hydrogen-bond donors (Lipinski definition) is 2. The molecular weight excluding hydrogens is 544 g/mol. The average Bonchev–Trinajstić information content (AvgIpc) is 3.76. The Bertz CT molecular complexity index is 1540. The monoisotopic (exact) mass is 588 g/mol. The van der Waals surface area contributed by atoms with Crippen LogP contribution in [0.15, 0.2) is 29.0 Å². The van der Waals surface area contributed by atoms with Crippen LogP contribution >= 0.6 is 0 Å². The summed E-state index contributed by atoms with van der Waals surface area (Å²) in [6.45, 7) is 9.58. The van der Waals surface area contributed by atoms with E-state index in [4.69, 9.17) is 19.6 Å². The summed E-state index contributed by atoms with van der Waals surface area (Å²) in [6.07, 6.45) is 9.85. The van der Waals surface area contributed by atoms with Crippen molar-refractivity contribution in [1.82, 2.24) is 34.8 Å². The molecule has 1 aliphatic heterocycles. The molecule has 1 saturated heterocycles. The van der Waals surface area contributed by atoms with E-state index >= 15 is 0 Å². The lowest BCUT2D eigenvalue weighted by Crippen LogP contribution is -2.29. The second kappa shape index (κ2) is 13.7. The van der Waals surface area contributed by atoms with Gasteiger partial charge in [-0.15, -0.1) is 0 Å². The van der Waals surface area contributed by atoms with Gasteiger partial charge in [0.2, 0.25) is 0 Å². The number of pyridine rings is 1. The number of anilines is 2. The average molecular weight is 589 g/mol. The number of aliphatic hydroxyl groups excluding tert-OH is 1. The van der Waals surface area contributed by atoms with Gasteiger partial charge in [0.05, 0.1) is 30.1 Å². The second-order valence-corrected chi connectivity index (χ2v) is 11.4. The van der Waals surface area contributed by atoms with Gasteiger partial charge in [0.15, 0.2) is 22.9 Å². The van der Waals surface area contributed by atoms with Crippen molar-refractivity contribution in [3.63, 3.8) is 0 Å². The highest BCUT2D eigenvalue weighted by atomic mass is 16.5. The molecule has 230 valence electrons. The van der Waals surface area contributed by atoms with E-state index < -0.39 is 6.10 Å². The molecule has 4 aromatic heterocycles. The smallest absolute Gasteiger partial charge is 0.186 e. The summed E-state index contributed by atoms with van der Waals surface area (Å²) < 4.78 is 7.80. The van der Waals surface area contributed by atoms with E-state index in [2.05, 4.69) is 34.3 Å². The topological polar surface area (TPSA) is 135 Å². The first-order chi connectivity index (χ1) is 20.9. The van der Waals surface area contributed by atoms with Crippen LogP contribution in [0.4, 0.5) is 11.6 Å². The number of fused-ring (bicyclic) bond motifs is 2. The third kappa shape index (κ3) is 6.33. The molecule has 0 radical (unpaired) electrons. The number of hydrogen-bond acceptors (Lipinski definition) is 10. The molecule has 1 fully saturated rings. The molecule has 43 heavy (non-hydrogen) atoms. The number of carbonyl (C=O) groups excluding carboxylic acids is 1. The highest BCUT2D eigenvalue weighted by Gasteiger charge is 2.34. The zero-order chi connectivity index (χ0) is 30.5. The maximum absolute atomic E-state index is 13.0. The molecule has 11 nitrogen and oxygen atoms in total. The number of ketones is 1. The molecule has 2 aliphatic rings. The molecule has 3 atom stereocenters. The maximum Gasteiger partial charge on any atom is 0.186 e. The van der Waals surface area contributed by atoms with Crippen LogP contribution in [-0.2, 0) is 17.8 Å². The molecule has 0 bridgehead atoms. The van der Waals surface area contributed by atoms with Crippen LogP contribution in [0.2, 0.25) is 0 Å². The van der Waals surface area contributed by atoms with Gasteiger partial charge in [0.25, 0.3) is 0 Å². The Morgan fingerprint density at radius 2 is 2.05 bits per heavy atom. The molecule has 4 aromatic rings. The Hall–Kier alpha value is -3.70. The Balaban J connectivity index is 0.00000180. The minimum atomic E-state index is -0.714. The van der Waals surface area contributed by atoms with E-state index in [1.807, 2.05) is 24.6 Å². The fraction of sp³-hybridized carbons (Fsp3) is 0.562. The summed E-state index contributed by atoms with van der Waals surface area (Å²) in [5.41, 5.74) is 2.84. The first kappa shape index (κ1) is 30.7. The van der Waals surface area contributed by atoms with Crippen LogP contribution in [-0.4, -0.2) is 65.3 Å². The molecule has 2 N–H and O–H groups in total. The number of likely N-dealkylation sites (N-methyl/N-ethyl adjacent to an activating group) is 1. The van der Waals surface area contributed by atoms with Crippen molar-refractivity contribution in [2.24, 2.45) is 0 Å². The minimum Gasteiger partial charge on any atom is -0.389 e. The summed E-state index contributed by atoms with van der Waals surface area (Å²) in [4.78, 5) is 29.8. The number of unbranched alkanes of at least 4 members (excludes halogenated alkanes) is 1. The number of Topliss-reactive ketones (excluding diaryl/α,β-unsaturated/α-hetero) is 1. The second-order valence-electron chi connectivity index (χ2n) is 11.4. The summed E-state index contributed by atoms with van der Waals surface area (Å²) in [5, 5.41) is 23.6. The van der Waals surface area contributed by atoms with Gasteiger partial charge in [-0.3, -0.25) is 4.79 Å². The van der Waals surface area contributed by atoms with Crippen LogP contribution in [0.25, 0.3) is 22.6 Å². The van der Waals surface area contributed by atoms with Gasteiger partial charge in [-0.05, 0) is 65.1 Å². The van der Waals surface area contributed by atoms with Gasteiger partial charge in [-0.25, -0.2) is 19.6 Å². The van der Waals surface area contributed by atoms with Crippen molar-refractivity contribution in [1.29, 1.82) is 0 Å². The van der Waals surface area contributed by atoms with E-state index in [9.17, 15) is 9.90 Å². The Kier molecular flexibility index (Phi) is 9.82. The lowest BCUT2D eigenvalue weighted by molar-refractivity contribution is -0.121. The number of aliphatic hydroxyl groups is 1. The number of nitrogens with one attached hydrogen (secondary N) is 1. The van der Waals surface area contributed by atoms with Gasteiger partial charge in [0, 0.05) is 29.8 Å². The predicted molar refractivity (Wildman–Crippen MR) is 166 cm³/mol. The lowest BCUT2D eigenvalue weighted by Gasteiger charge is -2.20. The first-order valence-corrected chi connectivity index (χ1v) is 15.8. The van der Waals surface area contributed by atoms with Crippen molar-refractivity contribution in [3.05, 3.63) is 41.4 Å². The summed E-state index contributed by atoms with van der Waals surface area (Å²) in [5.74, 6) is 2.07. The Morgan fingerprint density at radius 3 is 2.79 bits per heavy atom. The molecular formula is C32H44N8O3. The molecule has 11 heteroatoms. The highest BCUT2D eigenvalue weighted by Crippen LogP contribution is 2.39. The van der Waals surface area contributed by atoms with E-state index in [1.165, 1.54) is 6.42 Å². The van der Waals surface area contributed by atoms with Crippen LogP contribution < -0.4 is 5.32 Å². The molecule has 0 saturated carbocycles.